The van der Waals surface area contributed by atoms with Crippen LogP contribution in [0.1, 0.15) is 54.1 Å². The Balaban J connectivity index is 2.11. The third-order valence-corrected chi connectivity index (χ3v) is 3.57. The van der Waals surface area contributed by atoms with E-state index in [0.717, 1.165) is 24.8 Å². The lowest BCUT2D eigenvalue weighted by Crippen LogP contribution is -2.07. The van der Waals surface area contributed by atoms with Crippen LogP contribution >= 0.6 is 0 Å². The van der Waals surface area contributed by atoms with Gasteiger partial charge in [-0.3, -0.25) is 4.79 Å². The molecule has 0 radical (unpaired) electrons. The second-order valence-electron chi connectivity index (χ2n) is 4.64. The van der Waals surface area contributed by atoms with Crippen molar-refractivity contribution in [2.24, 2.45) is 0 Å². The summed E-state index contributed by atoms with van der Waals surface area (Å²) in [6.07, 6.45) is 10.5. The number of aromatic nitrogens is 3. The third kappa shape index (κ3) is 1.73. The molecule has 1 aliphatic rings. The van der Waals surface area contributed by atoms with Crippen LogP contribution in [0.4, 0.5) is 0 Å². The molecule has 1 fully saturated rings. The van der Waals surface area contributed by atoms with Crippen molar-refractivity contribution in [1.29, 1.82) is 0 Å². The van der Waals surface area contributed by atoms with Gasteiger partial charge < -0.3 is 0 Å². The normalized spacial score (nSPS) is 17.4. The van der Waals surface area contributed by atoms with Crippen LogP contribution in [-0.4, -0.2) is 20.9 Å². The fourth-order valence-corrected chi connectivity index (χ4v) is 2.71. The van der Waals surface area contributed by atoms with Gasteiger partial charge in [-0.2, -0.15) is 5.10 Å². The Morgan fingerprint density at radius 1 is 1.29 bits per heavy atom. The molecule has 0 aromatic carbocycles. The van der Waals surface area contributed by atoms with Crippen molar-refractivity contribution in [1.82, 2.24) is 14.6 Å². The van der Waals surface area contributed by atoms with Gasteiger partial charge in [0.05, 0.1) is 11.3 Å². The molecule has 0 N–H and O–H groups in total. The maximum Gasteiger partial charge on any atom is 0.165 e. The number of nitrogens with zero attached hydrogens (tertiary/aromatic N) is 3. The van der Waals surface area contributed by atoms with Gasteiger partial charge in [-0.1, -0.05) is 19.3 Å². The molecular weight excluding hydrogens is 214 g/mol. The van der Waals surface area contributed by atoms with Gasteiger partial charge in [-0.15, -0.1) is 0 Å². The van der Waals surface area contributed by atoms with Gasteiger partial charge in [-0.05, 0) is 18.9 Å². The Hall–Kier alpha value is -1.71. The predicted octanol–water partition coefficient (Wildman–Crippen LogP) is 2.59. The highest BCUT2D eigenvalue weighted by molar-refractivity contribution is 5.86. The zero-order chi connectivity index (χ0) is 11.7. The van der Waals surface area contributed by atoms with E-state index in [2.05, 4.69) is 10.1 Å². The number of aldehydes is 1. The first kappa shape index (κ1) is 10.4. The van der Waals surface area contributed by atoms with Crippen LogP contribution in [0.2, 0.25) is 0 Å². The monoisotopic (exact) mass is 229 g/mol. The largest absolute Gasteiger partial charge is 0.298 e. The zero-order valence-electron chi connectivity index (χ0n) is 9.67. The highest BCUT2D eigenvalue weighted by atomic mass is 16.1. The molecule has 0 amide bonds. The summed E-state index contributed by atoms with van der Waals surface area (Å²) < 4.78 is 1.72. The van der Waals surface area contributed by atoms with Crippen molar-refractivity contribution in [2.45, 2.75) is 38.0 Å². The quantitative estimate of drug-likeness (QED) is 0.743. The highest BCUT2D eigenvalue weighted by Crippen LogP contribution is 2.33. The van der Waals surface area contributed by atoms with Gasteiger partial charge >= 0.3 is 0 Å². The minimum absolute atomic E-state index is 0.436. The SMILES string of the molecule is O=Cc1c(C2CCCCC2)nn2cccnc12. The van der Waals surface area contributed by atoms with E-state index in [1.54, 1.807) is 10.7 Å². The van der Waals surface area contributed by atoms with Crippen LogP contribution in [0.3, 0.4) is 0 Å². The molecule has 0 saturated heterocycles. The molecule has 1 aliphatic carbocycles. The van der Waals surface area contributed by atoms with E-state index in [1.807, 2.05) is 12.3 Å². The lowest BCUT2D eigenvalue weighted by molar-refractivity contribution is 0.112. The second kappa shape index (κ2) is 4.28. The van der Waals surface area contributed by atoms with Gasteiger partial charge in [0.15, 0.2) is 11.9 Å². The van der Waals surface area contributed by atoms with E-state index >= 15 is 0 Å². The summed E-state index contributed by atoms with van der Waals surface area (Å²) >= 11 is 0. The Labute approximate surface area is 99.7 Å². The van der Waals surface area contributed by atoms with E-state index < -0.39 is 0 Å². The Kier molecular flexibility index (Phi) is 2.63. The van der Waals surface area contributed by atoms with Crippen LogP contribution in [0.5, 0.6) is 0 Å². The summed E-state index contributed by atoms with van der Waals surface area (Å²) in [4.78, 5) is 15.5. The standard InChI is InChI=1S/C13H15N3O/c17-9-11-12(10-5-2-1-3-6-10)15-16-8-4-7-14-13(11)16/h4,7-10H,1-3,5-6H2. The number of carbonyl (C=O) groups is 1. The first-order chi connectivity index (χ1) is 8.40. The molecule has 2 aromatic heterocycles. The molecule has 2 heterocycles. The maximum atomic E-state index is 11.3. The average Bonchev–Trinajstić information content (AvgIpc) is 2.78. The van der Waals surface area contributed by atoms with Crippen LogP contribution in [-0.2, 0) is 0 Å². The first-order valence-corrected chi connectivity index (χ1v) is 6.18. The van der Waals surface area contributed by atoms with Crippen molar-refractivity contribution in [3.05, 3.63) is 29.7 Å². The zero-order valence-corrected chi connectivity index (χ0v) is 9.67. The summed E-state index contributed by atoms with van der Waals surface area (Å²) in [5, 5.41) is 4.53. The molecule has 1 saturated carbocycles. The molecule has 3 rings (SSSR count). The van der Waals surface area contributed by atoms with Crippen molar-refractivity contribution in [3.63, 3.8) is 0 Å². The Morgan fingerprint density at radius 2 is 2.12 bits per heavy atom. The van der Waals surface area contributed by atoms with Crippen LogP contribution in [0.25, 0.3) is 5.65 Å². The predicted molar refractivity (Wildman–Crippen MR) is 64.2 cm³/mol. The van der Waals surface area contributed by atoms with Crippen LogP contribution in [0, 0.1) is 0 Å². The minimum Gasteiger partial charge on any atom is -0.298 e. The van der Waals surface area contributed by atoms with Crippen molar-refractivity contribution in [3.8, 4) is 0 Å². The lowest BCUT2D eigenvalue weighted by atomic mass is 9.86. The summed E-state index contributed by atoms with van der Waals surface area (Å²) in [5.41, 5.74) is 2.30. The molecule has 4 nitrogen and oxygen atoms in total. The maximum absolute atomic E-state index is 11.3. The van der Waals surface area contributed by atoms with Crippen LogP contribution in [0.15, 0.2) is 18.5 Å². The molecule has 0 unspecified atom stereocenters. The molecule has 0 spiro atoms. The van der Waals surface area contributed by atoms with E-state index in [1.165, 1.54) is 19.3 Å². The summed E-state index contributed by atoms with van der Waals surface area (Å²) in [7, 11) is 0. The number of hydrogen-bond acceptors (Lipinski definition) is 3. The Morgan fingerprint density at radius 3 is 2.88 bits per heavy atom. The fourth-order valence-electron chi connectivity index (χ4n) is 2.71. The highest BCUT2D eigenvalue weighted by Gasteiger charge is 2.23. The van der Waals surface area contributed by atoms with Crippen molar-refractivity contribution in [2.75, 3.05) is 0 Å². The second-order valence-corrected chi connectivity index (χ2v) is 4.64. The van der Waals surface area contributed by atoms with E-state index in [4.69, 9.17) is 0 Å². The number of rotatable bonds is 2. The van der Waals surface area contributed by atoms with Gasteiger partial charge in [-0.25, -0.2) is 9.50 Å². The van der Waals surface area contributed by atoms with E-state index in [0.29, 0.717) is 17.1 Å². The van der Waals surface area contributed by atoms with E-state index in [-0.39, 0.29) is 0 Å². The van der Waals surface area contributed by atoms with Crippen molar-refractivity contribution < 1.29 is 4.79 Å². The molecule has 17 heavy (non-hydrogen) atoms. The average molecular weight is 229 g/mol. The molecule has 2 aromatic rings. The first-order valence-electron chi connectivity index (χ1n) is 6.18. The molecule has 4 heteroatoms. The topological polar surface area (TPSA) is 47.3 Å². The van der Waals surface area contributed by atoms with Gasteiger partial charge in [0.1, 0.15) is 0 Å². The minimum atomic E-state index is 0.436. The van der Waals surface area contributed by atoms with Crippen molar-refractivity contribution >= 4 is 11.9 Å². The molecule has 0 aliphatic heterocycles. The molecule has 88 valence electrons. The number of carbonyl (C=O) groups excluding carboxylic acids is 1. The number of hydrogen-bond donors (Lipinski definition) is 0. The third-order valence-electron chi connectivity index (χ3n) is 3.57. The summed E-state index contributed by atoms with van der Waals surface area (Å²) in [6, 6.07) is 1.83. The molecular formula is C13H15N3O. The summed E-state index contributed by atoms with van der Waals surface area (Å²) in [6.45, 7) is 0. The lowest BCUT2D eigenvalue weighted by Gasteiger charge is -2.19. The van der Waals surface area contributed by atoms with E-state index in [9.17, 15) is 4.79 Å². The number of fused-ring (bicyclic) bond motifs is 1. The molecule has 0 bridgehead atoms. The smallest absolute Gasteiger partial charge is 0.165 e. The van der Waals surface area contributed by atoms with Gasteiger partial charge in [0, 0.05) is 18.3 Å². The van der Waals surface area contributed by atoms with Gasteiger partial charge in [0.25, 0.3) is 0 Å². The van der Waals surface area contributed by atoms with Gasteiger partial charge in [0.2, 0.25) is 0 Å². The Bertz CT molecular complexity index is 541. The fraction of sp³-hybridized carbons (Fsp3) is 0.462. The van der Waals surface area contributed by atoms with Crippen LogP contribution < -0.4 is 0 Å². The summed E-state index contributed by atoms with van der Waals surface area (Å²) in [5.74, 6) is 0.436. The molecule has 0 atom stereocenters.